The molecule has 0 spiro atoms. The number of thioether (sulfide) groups is 1. The fourth-order valence-corrected chi connectivity index (χ4v) is 2.32. The zero-order chi connectivity index (χ0) is 14.1. The molecule has 0 bridgehead atoms. The first kappa shape index (κ1) is 15.8. The first-order valence-corrected chi connectivity index (χ1v) is 7.57. The molecule has 19 heavy (non-hydrogen) atoms. The normalized spacial score (nSPS) is 10.2. The highest BCUT2D eigenvalue weighted by Crippen LogP contribution is 2.19. The van der Waals surface area contributed by atoms with E-state index in [9.17, 15) is 9.59 Å². The Morgan fingerprint density at radius 1 is 1.11 bits per heavy atom. The molecule has 0 atom stereocenters. The van der Waals surface area contributed by atoms with Crippen LogP contribution < -0.4 is 0 Å². The molecule has 0 aliphatic heterocycles. The fraction of sp³-hybridized carbons (Fsp3) is 0.467. The second-order valence-corrected chi connectivity index (χ2v) is 5.27. The monoisotopic (exact) mass is 280 g/mol. The molecule has 0 amide bonds. The van der Waals surface area contributed by atoms with Crippen molar-refractivity contribution in [1.29, 1.82) is 0 Å². The minimum Gasteiger partial charge on any atom is -0.466 e. The summed E-state index contributed by atoms with van der Waals surface area (Å²) in [6.07, 6.45) is 1.49. The van der Waals surface area contributed by atoms with Crippen LogP contribution in [0, 0.1) is 0 Å². The number of hydrogen-bond donors (Lipinski definition) is 0. The lowest BCUT2D eigenvalue weighted by Gasteiger charge is -2.03. The summed E-state index contributed by atoms with van der Waals surface area (Å²) < 4.78 is 4.80. The number of carbonyl (C=O) groups excluding carboxylic acids is 2. The van der Waals surface area contributed by atoms with Gasteiger partial charge in [0.25, 0.3) is 0 Å². The number of hydrogen-bond acceptors (Lipinski definition) is 4. The average Bonchev–Trinajstić information content (AvgIpc) is 2.43. The predicted molar refractivity (Wildman–Crippen MR) is 77.7 cm³/mol. The highest BCUT2D eigenvalue weighted by molar-refractivity contribution is 7.99. The lowest BCUT2D eigenvalue weighted by molar-refractivity contribution is -0.143. The van der Waals surface area contributed by atoms with Crippen LogP contribution in [0.5, 0.6) is 0 Å². The number of ether oxygens (including phenoxy) is 1. The van der Waals surface area contributed by atoms with Gasteiger partial charge in [-0.2, -0.15) is 0 Å². The third-order valence-corrected chi connectivity index (χ3v) is 3.73. The van der Waals surface area contributed by atoms with E-state index in [1.807, 2.05) is 24.3 Å². The zero-order valence-corrected chi connectivity index (χ0v) is 12.3. The van der Waals surface area contributed by atoms with Crippen molar-refractivity contribution in [2.24, 2.45) is 0 Å². The molecular formula is C15H20O3S. The van der Waals surface area contributed by atoms with E-state index < -0.39 is 0 Å². The van der Waals surface area contributed by atoms with Gasteiger partial charge in [0.1, 0.15) is 0 Å². The molecule has 0 saturated carbocycles. The van der Waals surface area contributed by atoms with Crippen LogP contribution in [0.25, 0.3) is 0 Å². The highest BCUT2D eigenvalue weighted by atomic mass is 32.2. The number of ketones is 1. The van der Waals surface area contributed by atoms with Crippen LogP contribution >= 0.6 is 11.8 Å². The van der Waals surface area contributed by atoms with Gasteiger partial charge in [-0.15, -0.1) is 11.8 Å². The van der Waals surface area contributed by atoms with E-state index in [2.05, 4.69) is 6.92 Å². The van der Waals surface area contributed by atoms with E-state index in [0.29, 0.717) is 12.2 Å². The van der Waals surface area contributed by atoms with Crippen molar-refractivity contribution in [2.75, 3.05) is 12.4 Å². The van der Waals surface area contributed by atoms with Gasteiger partial charge in [-0.3, -0.25) is 9.59 Å². The average molecular weight is 280 g/mol. The van der Waals surface area contributed by atoms with Crippen molar-refractivity contribution >= 4 is 23.5 Å². The highest BCUT2D eigenvalue weighted by Gasteiger charge is 2.09. The molecule has 0 aliphatic carbocycles. The predicted octanol–water partition coefficient (Wildman–Crippen LogP) is 3.71. The van der Waals surface area contributed by atoms with E-state index in [4.69, 9.17) is 4.74 Å². The lowest BCUT2D eigenvalue weighted by Crippen LogP contribution is -2.07. The van der Waals surface area contributed by atoms with Crippen molar-refractivity contribution in [2.45, 2.75) is 38.0 Å². The second kappa shape index (κ2) is 8.75. The Hall–Kier alpha value is -1.29. The smallest absolute Gasteiger partial charge is 0.306 e. The van der Waals surface area contributed by atoms with Gasteiger partial charge in [0.05, 0.1) is 13.0 Å². The Kier molecular flexibility index (Phi) is 7.26. The summed E-state index contributed by atoms with van der Waals surface area (Å²) in [6, 6.07) is 7.56. The summed E-state index contributed by atoms with van der Waals surface area (Å²) in [5, 5.41) is 0. The lowest BCUT2D eigenvalue weighted by atomic mass is 10.1. The van der Waals surface area contributed by atoms with E-state index in [1.165, 1.54) is 4.90 Å². The van der Waals surface area contributed by atoms with Gasteiger partial charge >= 0.3 is 5.97 Å². The first-order valence-electron chi connectivity index (χ1n) is 6.59. The summed E-state index contributed by atoms with van der Waals surface area (Å²) >= 11 is 1.78. The first-order chi connectivity index (χ1) is 9.17. The molecular weight excluding hydrogens is 260 g/mol. The molecule has 1 aromatic rings. The summed E-state index contributed by atoms with van der Waals surface area (Å²) in [4.78, 5) is 24.2. The molecule has 104 valence electrons. The Balaban J connectivity index is 2.46. The van der Waals surface area contributed by atoms with Gasteiger partial charge in [0.15, 0.2) is 5.78 Å². The summed E-state index contributed by atoms with van der Waals surface area (Å²) in [5.74, 6) is 0.752. The maximum absolute atomic E-state index is 11.9. The molecule has 1 rings (SSSR count). The fourth-order valence-electron chi connectivity index (χ4n) is 1.55. The van der Waals surface area contributed by atoms with Crippen molar-refractivity contribution in [3.05, 3.63) is 29.8 Å². The Bertz CT molecular complexity index is 412. The van der Waals surface area contributed by atoms with Crippen LogP contribution in [-0.4, -0.2) is 24.1 Å². The van der Waals surface area contributed by atoms with Gasteiger partial charge in [0.2, 0.25) is 0 Å². The van der Waals surface area contributed by atoms with Crippen LogP contribution in [0.15, 0.2) is 29.2 Å². The minimum atomic E-state index is -0.314. The molecule has 0 saturated heterocycles. The van der Waals surface area contributed by atoms with Gasteiger partial charge in [-0.25, -0.2) is 0 Å². The number of carbonyl (C=O) groups is 2. The largest absolute Gasteiger partial charge is 0.466 e. The van der Waals surface area contributed by atoms with E-state index >= 15 is 0 Å². The summed E-state index contributed by atoms with van der Waals surface area (Å²) in [5.41, 5.74) is 0.658. The molecule has 0 fully saturated rings. The minimum absolute atomic E-state index is 0.0138. The summed E-state index contributed by atoms with van der Waals surface area (Å²) in [7, 11) is 0. The van der Waals surface area contributed by atoms with Gasteiger partial charge in [-0.05, 0) is 31.2 Å². The standard InChI is InChI=1S/C15H20O3S/c1-3-11-19-13-7-5-12(6-8-13)14(16)9-10-15(17)18-4-2/h5-8H,3-4,9-11H2,1-2H3. The Morgan fingerprint density at radius 3 is 2.37 bits per heavy atom. The van der Waals surface area contributed by atoms with E-state index in [-0.39, 0.29) is 24.6 Å². The summed E-state index contributed by atoms with van der Waals surface area (Å²) in [6.45, 7) is 4.25. The molecule has 0 N–H and O–H groups in total. The zero-order valence-electron chi connectivity index (χ0n) is 11.5. The molecule has 0 aromatic heterocycles. The Labute approximate surface area is 118 Å². The van der Waals surface area contributed by atoms with Crippen LogP contribution in [0.3, 0.4) is 0 Å². The van der Waals surface area contributed by atoms with Gasteiger partial charge in [-0.1, -0.05) is 19.1 Å². The van der Waals surface area contributed by atoms with Gasteiger partial charge < -0.3 is 4.74 Å². The quantitative estimate of drug-likeness (QED) is 0.413. The van der Waals surface area contributed by atoms with Crippen LogP contribution in [0.1, 0.15) is 43.5 Å². The van der Waals surface area contributed by atoms with E-state index in [1.54, 1.807) is 18.7 Å². The number of esters is 1. The van der Waals surface area contributed by atoms with Gasteiger partial charge in [0, 0.05) is 16.9 Å². The maximum Gasteiger partial charge on any atom is 0.306 e. The van der Waals surface area contributed by atoms with E-state index in [0.717, 1.165) is 12.2 Å². The molecule has 1 aromatic carbocycles. The number of rotatable bonds is 8. The second-order valence-electron chi connectivity index (χ2n) is 4.10. The molecule has 3 nitrogen and oxygen atoms in total. The molecule has 0 aliphatic rings. The Morgan fingerprint density at radius 2 is 1.79 bits per heavy atom. The van der Waals surface area contributed by atoms with Crippen LogP contribution in [0.4, 0.5) is 0 Å². The van der Waals surface area contributed by atoms with Crippen molar-refractivity contribution in [3.8, 4) is 0 Å². The number of benzene rings is 1. The third-order valence-electron chi connectivity index (χ3n) is 2.51. The molecule has 4 heteroatoms. The topological polar surface area (TPSA) is 43.4 Å². The number of Topliss-reactive ketones (excluding diaryl/α,β-unsaturated/α-hetero) is 1. The van der Waals surface area contributed by atoms with Crippen LogP contribution in [-0.2, 0) is 9.53 Å². The van der Waals surface area contributed by atoms with Crippen LogP contribution in [0.2, 0.25) is 0 Å². The SMILES string of the molecule is CCCSc1ccc(C(=O)CCC(=O)OCC)cc1. The van der Waals surface area contributed by atoms with Crippen molar-refractivity contribution < 1.29 is 14.3 Å². The molecule has 0 unspecified atom stereocenters. The maximum atomic E-state index is 11.9. The van der Waals surface area contributed by atoms with Crippen molar-refractivity contribution in [1.82, 2.24) is 0 Å². The van der Waals surface area contributed by atoms with Crippen molar-refractivity contribution in [3.63, 3.8) is 0 Å². The molecule has 0 heterocycles. The molecule has 0 radical (unpaired) electrons. The third kappa shape index (κ3) is 5.92.